The van der Waals surface area contributed by atoms with Gasteiger partial charge in [0.2, 0.25) is 5.91 Å². The number of thioether (sulfide) groups is 1. The van der Waals surface area contributed by atoms with Gasteiger partial charge in [-0.2, -0.15) is 0 Å². The largest absolute Gasteiger partial charge is 0.497 e. The van der Waals surface area contributed by atoms with Crippen LogP contribution in [-0.4, -0.2) is 54.9 Å². The number of carbonyl (C=O) groups is 1. The summed E-state index contributed by atoms with van der Waals surface area (Å²) in [6.45, 7) is 9.63. The molecule has 0 saturated carbocycles. The molecule has 178 valence electrons. The van der Waals surface area contributed by atoms with Crippen LogP contribution in [0.3, 0.4) is 0 Å². The van der Waals surface area contributed by atoms with Crippen molar-refractivity contribution in [3.63, 3.8) is 0 Å². The van der Waals surface area contributed by atoms with E-state index in [0.29, 0.717) is 5.16 Å². The van der Waals surface area contributed by atoms with Gasteiger partial charge >= 0.3 is 0 Å². The van der Waals surface area contributed by atoms with E-state index in [1.807, 2.05) is 32.0 Å². The molecule has 1 fully saturated rings. The number of aryl methyl sites for hydroxylation is 3. The topological polar surface area (TPSA) is 70.6 Å². The first-order valence-corrected chi connectivity index (χ1v) is 12.4. The maximum Gasteiger partial charge on any atom is 0.234 e. The lowest BCUT2D eigenvalue weighted by Gasteiger charge is -2.36. The van der Waals surface area contributed by atoms with E-state index in [-0.39, 0.29) is 11.7 Å². The number of ether oxygens (including phenoxy) is 1. The number of benzene rings is 2. The van der Waals surface area contributed by atoms with Gasteiger partial charge in [0.15, 0.2) is 5.16 Å². The smallest absolute Gasteiger partial charge is 0.234 e. The number of aromatic nitrogens is 2. The number of nitrogens with one attached hydrogen (secondary N) is 1. The van der Waals surface area contributed by atoms with Crippen LogP contribution in [0.15, 0.2) is 53.8 Å². The molecule has 1 aliphatic rings. The first-order valence-electron chi connectivity index (χ1n) is 11.4. The molecule has 1 aromatic heterocycles. The van der Waals surface area contributed by atoms with E-state index < -0.39 is 0 Å². The Morgan fingerprint density at radius 3 is 2.44 bits per heavy atom. The van der Waals surface area contributed by atoms with Crippen molar-refractivity contribution in [2.45, 2.75) is 25.9 Å². The fourth-order valence-electron chi connectivity index (χ4n) is 4.26. The molecule has 3 aromatic rings. The quantitative estimate of drug-likeness (QED) is 0.398. The Balaban J connectivity index is 1.32. The minimum atomic E-state index is -0.0547. The lowest BCUT2D eigenvalue weighted by atomic mass is 10.1. The predicted molar refractivity (Wildman–Crippen MR) is 139 cm³/mol. The van der Waals surface area contributed by atoms with E-state index >= 15 is 0 Å². The van der Waals surface area contributed by atoms with E-state index in [4.69, 9.17) is 9.72 Å². The zero-order valence-corrected chi connectivity index (χ0v) is 21.0. The summed E-state index contributed by atoms with van der Waals surface area (Å²) in [6.07, 6.45) is 1.77. The summed E-state index contributed by atoms with van der Waals surface area (Å²) in [5.74, 6) is 1.98. The van der Waals surface area contributed by atoms with Crippen molar-refractivity contribution in [1.82, 2.24) is 9.97 Å². The number of amides is 1. The highest BCUT2D eigenvalue weighted by molar-refractivity contribution is 7.99. The Bertz CT molecular complexity index is 1140. The maximum absolute atomic E-state index is 12.6. The number of hydrogen-bond acceptors (Lipinski definition) is 7. The van der Waals surface area contributed by atoms with Crippen molar-refractivity contribution < 1.29 is 9.53 Å². The lowest BCUT2D eigenvalue weighted by molar-refractivity contribution is -0.113. The van der Waals surface area contributed by atoms with Gasteiger partial charge < -0.3 is 19.9 Å². The summed E-state index contributed by atoms with van der Waals surface area (Å²) in [6, 6.07) is 14.3. The van der Waals surface area contributed by atoms with Crippen LogP contribution in [0.4, 0.5) is 17.2 Å². The molecule has 34 heavy (non-hydrogen) atoms. The first kappa shape index (κ1) is 23.9. The molecular formula is C26H31N5O2S. The molecule has 1 amide bonds. The molecule has 1 saturated heterocycles. The van der Waals surface area contributed by atoms with E-state index in [9.17, 15) is 4.79 Å². The molecule has 2 aromatic carbocycles. The molecule has 0 spiro atoms. The van der Waals surface area contributed by atoms with Gasteiger partial charge in [-0.1, -0.05) is 35.5 Å². The highest BCUT2D eigenvalue weighted by Crippen LogP contribution is 2.25. The summed E-state index contributed by atoms with van der Waals surface area (Å²) >= 11 is 1.36. The Kier molecular flexibility index (Phi) is 7.57. The van der Waals surface area contributed by atoms with Gasteiger partial charge in [-0.05, 0) is 50.1 Å². The molecule has 7 nitrogen and oxygen atoms in total. The first-order chi connectivity index (χ1) is 16.4. The molecule has 2 heterocycles. The van der Waals surface area contributed by atoms with E-state index in [1.54, 1.807) is 13.3 Å². The van der Waals surface area contributed by atoms with Crippen molar-refractivity contribution in [3.8, 4) is 5.75 Å². The number of anilines is 3. The summed E-state index contributed by atoms with van der Waals surface area (Å²) in [7, 11) is 1.69. The average Bonchev–Trinajstić information content (AvgIpc) is 2.85. The summed E-state index contributed by atoms with van der Waals surface area (Å²) in [5, 5.41) is 3.65. The Labute approximate surface area is 205 Å². The SMILES string of the molecule is COc1cccc(N2CCN(c3ccnc(SCC(=O)Nc4c(C)cc(C)cc4C)n3)CC2)c1. The molecular weight excluding hydrogens is 446 g/mol. The second kappa shape index (κ2) is 10.8. The molecule has 0 unspecified atom stereocenters. The molecule has 0 radical (unpaired) electrons. The van der Waals surface area contributed by atoms with Crippen LogP contribution in [0.2, 0.25) is 0 Å². The Hall–Kier alpha value is -3.26. The van der Waals surface area contributed by atoms with E-state index in [1.165, 1.54) is 23.0 Å². The van der Waals surface area contributed by atoms with Crippen LogP contribution in [0.1, 0.15) is 16.7 Å². The zero-order valence-electron chi connectivity index (χ0n) is 20.2. The minimum Gasteiger partial charge on any atom is -0.497 e. The highest BCUT2D eigenvalue weighted by atomic mass is 32.2. The molecule has 0 atom stereocenters. The van der Waals surface area contributed by atoms with Gasteiger partial charge in [-0.25, -0.2) is 9.97 Å². The van der Waals surface area contributed by atoms with Crippen molar-refractivity contribution in [1.29, 1.82) is 0 Å². The van der Waals surface area contributed by atoms with Gasteiger partial charge in [0.25, 0.3) is 0 Å². The predicted octanol–water partition coefficient (Wildman–Crippen LogP) is 4.47. The third-order valence-electron chi connectivity index (χ3n) is 5.91. The fourth-order valence-corrected chi connectivity index (χ4v) is 4.89. The second-order valence-electron chi connectivity index (χ2n) is 8.48. The Morgan fingerprint density at radius 1 is 1.03 bits per heavy atom. The third-order valence-corrected chi connectivity index (χ3v) is 6.78. The number of rotatable bonds is 7. The molecule has 0 bridgehead atoms. The fraction of sp³-hybridized carbons (Fsp3) is 0.346. The highest BCUT2D eigenvalue weighted by Gasteiger charge is 2.19. The molecule has 1 aliphatic heterocycles. The van der Waals surface area contributed by atoms with E-state index in [2.05, 4.69) is 51.3 Å². The normalized spacial score (nSPS) is 13.6. The summed E-state index contributed by atoms with van der Waals surface area (Å²) in [5.41, 5.74) is 5.39. The number of nitrogens with zero attached hydrogens (tertiary/aromatic N) is 4. The molecule has 1 N–H and O–H groups in total. The van der Waals surface area contributed by atoms with Gasteiger partial charge in [0.1, 0.15) is 11.6 Å². The van der Waals surface area contributed by atoms with Crippen molar-refractivity contribution in [2.24, 2.45) is 0 Å². The monoisotopic (exact) mass is 477 g/mol. The number of hydrogen-bond donors (Lipinski definition) is 1. The number of piperazine rings is 1. The minimum absolute atomic E-state index is 0.0547. The van der Waals surface area contributed by atoms with Crippen LogP contribution in [0, 0.1) is 20.8 Å². The van der Waals surface area contributed by atoms with Crippen LogP contribution in [-0.2, 0) is 4.79 Å². The van der Waals surface area contributed by atoms with Gasteiger partial charge in [0.05, 0.1) is 12.9 Å². The van der Waals surface area contributed by atoms with Crippen molar-refractivity contribution in [3.05, 3.63) is 65.4 Å². The number of methoxy groups -OCH3 is 1. The summed E-state index contributed by atoms with van der Waals surface area (Å²) < 4.78 is 5.35. The molecule has 0 aliphatic carbocycles. The van der Waals surface area contributed by atoms with Gasteiger partial charge in [0, 0.05) is 49.8 Å². The van der Waals surface area contributed by atoms with Crippen LogP contribution < -0.4 is 19.9 Å². The van der Waals surface area contributed by atoms with Crippen LogP contribution >= 0.6 is 11.8 Å². The molecule has 8 heteroatoms. The van der Waals surface area contributed by atoms with Crippen molar-refractivity contribution in [2.75, 3.05) is 54.2 Å². The van der Waals surface area contributed by atoms with E-state index in [0.717, 1.165) is 54.6 Å². The zero-order chi connectivity index (χ0) is 24.1. The maximum atomic E-state index is 12.6. The average molecular weight is 478 g/mol. The van der Waals surface area contributed by atoms with Crippen LogP contribution in [0.5, 0.6) is 5.75 Å². The third kappa shape index (κ3) is 5.80. The number of carbonyl (C=O) groups excluding carboxylic acids is 1. The molecule has 4 rings (SSSR count). The van der Waals surface area contributed by atoms with Crippen LogP contribution in [0.25, 0.3) is 0 Å². The Morgan fingerprint density at radius 2 is 1.74 bits per heavy atom. The standard InChI is InChI=1S/C26H31N5O2S/c1-18-14-19(2)25(20(3)15-18)29-24(32)17-34-26-27-9-8-23(28-26)31-12-10-30(11-13-31)21-6-5-7-22(16-21)33-4/h5-9,14-16H,10-13,17H2,1-4H3,(H,29,32). The van der Waals surface area contributed by atoms with Gasteiger partial charge in [-0.3, -0.25) is 4.79 Å². The second-order valence-corrected chi connectivity index (χ2v) is 9.43. The van der Waals surface area contributed by atoms with Gasteiger partial charge in [-0.15, -0.1) is 0 Å². The van der Waals surface area contributed by atoms with Crippen molar-refractivity contribution >= 4 is 34.9 Å². The summed E-state index contributed by atoms with van der Waals surface area (Å²) in [4.78, 5) is 26.3. The lowest BCUT2D eigenvalue weighted by Crippen LogP contribution is -2.46.